The van der Waals surface area contributed by atoms with Crippen LogP contribution >= 0.6 is 11.8 Å². The maximum Gasteiger partial charge on any atom is 0.192 e. The summed E-state index contributed by atoms with van der Waals surface area (Å²) in [6, 6.07) is 0. The van der Waals surface area contributed by atoms with E-state index >= 15 is 0 Å². The van der Waals surface area contributed by atoms with Gasteiger partial charge in [-0.05, 0) is 104 Å². The van der Waals surface area contributed by atoms with Gasteiger partial charge in [0.2, 0.25) is 0 Å². The lowest BCUT2D eigenvalue weighted by atomic mass is 9.64. The molecule has 6 heteroatoms. The number of rotatable bonds is 12. The van der Waals surface area contributed by atoms with Crippen LogP contribution in [0.4, 0.5) is 0 Å². The van der Waals surface area contributed by atoms with E-state index in [2.05, 4.69) is 120 Å². The number of hydrogen-bond acceptors (Lipinski definition) is 4. The molecule has 3 aliphatic rings. The molecule has 0 aromatic rings. The van der Waals surface area contributed by atoms with Gasteiger partial charge in [0.1, 0.15) is 0 Å². The summed E-state index contributed by atoms with van der Waals surface area (Å²) in [7, 11) is -3.92. The molecule has 1 N–H and O–H groups in total. The molecule has 0 heterocycles. The van der Waals surface area contributed by atoms with Crippen LogP contribution in [0.25, 0.3) is 0 Å². The first-order valence-corrected chi connectivity index (χ1v) is 25.4. The number of fused-ring (bicyclic) bond motifs is 1. The maximum atomic E-state index is 10.8. The Bertz CT molecular complexity index is 1150. The van der Waals surface area contributed by atoms with Crippen molar-refractivity contribution >= 4 is 28.4 Å². The predicted molar refractivity (Wildman–Crippen MR) is 209 cm³/mol. The number of allylic oxidation sites excluding steroid dienone is 4. The second-order valence-corrected chi connectivity index (χ2v) is 29.0. The number of aliphatic hydroxyl groups is 1. The number of hydrogen-bond donors (Lipinski definition) is 1. The zero-order valence-electron chi connectivity index (χ0n) is 32.4. The fourth-order valence-electron chi connectivity index (χ4n) is 7.55. The summed E-state index contributed by atoms with van der Waals surface area (Å²) in [6.45, 7) is 37.5. The third-order valence-electron chi connectivity index (χ3n) is 12.9. The molecule has 264 valence electrons. The second kappa shape index (κ2) is 15.2. The first-order valence-electron chi connectivity index (χ1n) is 18.5. The minimum Gasteiger partial charge on any atom is -0.413 e. The minimum atomic E-state index is -1.99. The molecule has 0 aromatic carbocycles. The molecular weight excluding hydrogens is 617 g/mol. The lowest BCUT2D eigenvalue weighted by Crippen LogP contribution is -2.49. The van der Waals surface area contributed by atoms with Crippen LogP contribution in [0.1, 0.15) is 121 Å². The summed E-state index contributed by atoms with van der Waals surface area (Å²) in [4.78, 5) is 0. The van der Waals surface area contributed by atoms with E-state index in [4.69, 9.17) is 8.85 Å². The van der Waals surface area contributed by atoms with Gasteiger partial charge in [-0.2, -0.15) is 11.8 Å². The van der Waals surface area contributed by atoms with E-state index in [0.717, 1.165) is 37.9 Å². The molecule has 0 aliphatic heterocycles. The van der Waals surface area contributed by atoms with Gasteiger partial charge in [-0.1, -0.05) is 111 Å². The molecule has 3 nitrogen and oxygen atoms in total. The predicted octanol–water partition coefficient (Wildman–Crippen LogP) is 12.0. The van der Waals surface area contributed by atoms with E-state index in [0.29, 0.717) is 17.1 Å². The highest BCUT2D eigenvalue weighted by molar-refractivity contribution is 8.00. The van der Waals surface area contributed by atoms with Crippen LogP contribution in [0, 0.1) is 17.3 Å². The minimum absolute atomic E-state index is 0.0127. The molecule has 0 bridgehead atoms. The van der Waals surface area contributed by atoms with Crippen molar-refractivity contribution in [2.75, 3.05) is 5.75 Å². The Hall–Kier alpha value is -0.376. The molecule has 0 amide bonds. The standard InChI is InChI=1S/C40H72O3SSi2/c1-16-30(17-2)36(41)27-44-29(4)34-22-23-35-31(19-18-24-40(34,35)11)20-21-32-25-33(42-45(12,13)38(5,6)7)26-37(28(32)3)43-46(14,15)39(8,9)10/h20-22,29-30,33,35-37,41H,3,16-19,23-27H2,1-2,4-15H3/t29-,33-,35+,36?,37+,40-/m1/s1. The molecule has 0 spiro atoms. The van der Waals surface area contributed by atoms with Crippen LogP contribution in [0.2, 0.25) is 36.3 Å². The Morgan fingerprint density at radius 3 is 2.17 bits per heavy atom. The monoisotopic (exact) mass is 688 g/mol. The fourth-order valence-corrected chi connectivity index (χ4v) is 11.5. The van der Waals surface area contributed by atoms with E-state index in [1.54, 1.807) is 11.1 Å². The van der Waals surface area contributed by atoms with Crippen LogP contribution < -0.4 is 0 Å². The van der Waals surface area contributed by atoms with Gasteiger partial charge in [0.25, 0.3) is 0 Å². The molecule has 3 aliphatic carbocycles. The van der Waals surface area contributed by atoms with Crippen molar-refractivity contribution < 1.29 is 14.0 Å². The van der Waals surface area contributed by atoms with Gasteiger partial charge in [-0.25, -0.2) is 0 Å². The zero-order chi connectivity index (χ0) is 34.9. The van der Waals surface area contributed by atoms with E-state index < -0.39 is 16.6 Å². The lowest BCUT2D eigenvalue weighted by Gasteiger charge is -2.45. The van der Waals surface area contributed by atoms with Crippen LogP contribution in [-0.4, -0.2) is 51.1 Å². The van der Waals surface area contributed by atoms with E-state index in [1.165, 1.54) is 30.4 Å². The molecule has 2 saturated carbocycles. The summed E-state index contributed by atoms with van der Waals surface area (Å²) in [5, 5.41) is 11.6. The summed E-state index contributed by atoms with van der Waals surface area (Å²) in [5.74, 6) is 1.81. The Labute approximate surface area is 291 Å². The van der Waals surface area contributed by atoms with E-state index in [9.17, 15) is 5.11 Å². The molecule has 0 radical (unpaired) electrons. The topological polar surface area (TPSA) is 38.7 Å². The van der Waals surface area contributed by atoms with Gasteiger partial charge in [0.15, 0.2) is 16.6 Å². The normalized spacial score (nSPS) is 29.8. The average Bonchev–Trinajstić information content (AvgIpc) is 3.29. The van der Waals surface area contributed by atoms with Gasteiger partial charge >= 0.3 is 0 Å². The first-order chi connectivity index (χ1) is 21.1. The largest absolute Gasteiger partial charge is 0.413 e. The van der Waals surface area contributed by atoms with Gasteiger partial charge in [-0.15, -0.1) is 0 Å². The second-order valence-electron chi connectivity index (χ2n) is 18.1. The zero-order valence-corrected chi connectivity index (χ0v) is 35.3. The van der Waals surface area contributed by atoms with Crippen molar-refractivity contribution in [3.05, 3.63) is 47.1 Å². The summed E-state index contributed by atoms with van der Waals surface area (Å²) in [5.41, 5.74) is 5.92. The van der Waals surface area contributed by atoms with Crippen LogP contribution in [0.15, 0.2) is 47.1 Å². The Balaban J connectivity index is 1.85. The Kier molecular flexibility index (Phi) is 13.3. The van der Waals surface area contributed by atoms with Crippen LogP contribution in [0.3, 0.4) is 0 Å². The SMILES string of the molecule is C=C1C(=CC=C2CCC[C@]3(C)C([C@@H](C)SCC(O)C(CC)CC)=CC[C@@H]23)C[C@@H](O[Si](C)(C)C(C)(C)C)C[C@@H]1O[Si](C)(C)C(C)(C)C. The third-order valence-corrected chi connectivity index (χ3v) is 23.2. The quantitative estimate of drug-likeness (QED) is 0.164. The van der Waals surface area contributed by atoms with E-state index in [1.807, 2.05) is 11.8 Å². The summed E-state index contributed by atoms with van der Waals surface area (Å²) in [6.07, 6.45) is 16.2. The van der Waals surface area contributed by atoms with Crippen molar-refractivity contribution in [1.82, 2.24) is 0 Å². The molecule has 46 heavy (non-hydrogen) atoms. The molecular formula is C40H72O3SSi2. The summed E-state index contributed by atoms with van der Waals surface area (Å²) < 4.78 is 14.2. The lowest BCUT2D eigenvalue weighted by molar-refractivity contribution is 0.0969. The first kappa shape index (κ1) is 40.1. The van der Waals surface area contributed by atoms with Crippen LogP contribution in [-0.2, 0) is 8.85 Å². The highest BCUT2D eigenvalue weighted by Gasteiger charge is 2.47. The van der Waals surface area contributed by atoms with Gasteiger partial charge < -0.3 is 14.0 Å². The number of thioether (sulfide) groups is 1. The third kappa shape index (κ3) is 9.04. The fraction of sp³-hybridized carbons (Fsp3) is 0.800. The maximum absolute atomic E-state index is 10.8. The van der Waals surface area contributed by atoms with Crippen molar-refractivity contribution in [1.29, 1.82) is 0 Å². The van der Waals surface area contributed by atoms with Crippen LogP contribution in [0.5, 0.6) is 0 Å². The highest BCUT2D eigenvalue weighted by atomic mass is 32.2. The van der Waals surface area contributed by atoms with Crippen molar-refractivity contribution in [3.8, 4) is 0 Å². The molecule has 3 rings (SSSR count). The average molecular weight is 689 g/mol. The number of aliphatic hydroxyl groups excluding tert-OH is 1. The molecule has 0 aromatic heterocycles. The van der Waals surface area contributed by atoms with Crippen molar-refractivity contribution in [2.24, 2.45) is 17.3 Å². The van der Waals surface area contributed by atoms with Gasteiger partial charge in [-0.3, -0.25) is 0 Å². The smallest absolute Gasteiger partial charge is 0.192 e. The molecule has 6 atom stereocenters. The van der Waals surface area contributed by atoms with Crippen molar-refractivity contribution in [2.45, 2.75) is 180 Å². The van der Waals surface area contributed by atoms with Gasteiger partial charge in [0, 0.05) is 17.4 Å². The molecule has 0 saturated heterocycles. The highest BCUT2D eigenvalue weighted by Crippen LogP contribution is 2.57. The Morgan fingerprint density at radius 1 is 1.02 bits per heavy atom. The van der Waals surface area contributed by atoms with E-state index in [-0.39, 0.29) is 33.8 Å². The summed E-state index contributed by atoms with van der Waals surface area (Å²) >= 11 is 1.96. The molecule has 2 fully saturated rings. The Morgan fingerprint density at radius 2 is 1.61 bits per heavy atom. The molecule has 1 unspecified atom stereocenters. The van der Waals surface area contributed by atoms with Crippen molar-refractivity contribution in [3.63, 3.8) is 0 Å². The van der Waals surface area contributed by atoms with Gasteiger partial charge in [0.05, 0.1) is 18.3 Å².